The summed E-state index contributed by atoms with van der Waals surface area (Å²) in [5.74, 6) is 1.50. The predicted octanol–water partition coefficient (Wildman–Crippen LogP) is 4.22. The summed E-state index contributed by atoms with van der Waals surface area (Å²) >= 11 is 0. The highest BCUT2D eigenvalue weighted by molar-refractivity contribution is 5.92. The van der Waals surface area contributed by atoms with Gasteiger partial charge in [-0.1, -0.05) is 32.9 Å². The van der Waals surface area contributed by atoms with Crippen LogP contribution in [-0.2, 0) is 0 Å². The first kappa shape index (κ1) is 17.4. The maximum Gasteiger partial charge on any atom is 0.272 e. The molecule has 0 aliphatic carbocycles. The minimum absolute atomic E-state index is 0.00726. The Kier molecular flexibility index (Phi) is 5.31. The van der Waals surface area contributed by atoms with E-state index in [1.165, 1.54) is 12.0 Å². The molecule has 1 aromatic heterocycles. The monoisotopic (exact) mass is 338 g/mol. The summed E-state index contributed by atoms with van der Waals surface area (Å²) in [7, 11) is 0. The molecule has 1 unspecified atom stereocenters. The number of hydrogen-bond donors (Lipinski definition) is 1. The zero-order chi connectivity index (χ0) is 17.8. The predicted molar refractivity (Wildman–Crippen MR) is 100 cm³/mol. The molecule has 25 heavy (non-hydrogen) atoms. The van der Waals surface area contributed by atoms with E-state index in [0.29, 0.717) is 23.5 Å². The van der Waals surface area contributed by atoms with Crippen LogP contribution in [0.1, 0.15) is 55.6 Å². The lowest BCUT2D eigenvalue weighted by Crippen LogP contribution is -2.39. The van der Waals surface area contributed by atoms with Crippen LogP contribution < -0.4 is 5.32 Å². The van der Waals surface area contributed by atoms with E-state index in [1.807, 2.05) is 17.0 Å². The SMILES string of the molecule is CC1CCCN(C(=O)c2ccnc(Nc3ccc(C(C)C)cc3)n2)C1. The number of rotatable bonds is 4. The van der Waals surface area contributed by atoms with Crippen LogP contribution in [0, 0.1) is 5.92 Å². The summed E-state index contributed by atoms with van der Waals surface area (Å²) in [6, 6.07) is 9.90. The van der Waals surface area contributed by atoms with Crippen molar-refractivity contribution in [3.05, 3.63) is 47.8 Å². The Morgan fingerprint density at radius 3 is 2.68 bits per heavy atom. The fraction of sp³-hybridized carbons (Fsp3) is 0.450. The van der Waals surface area contributed by atoms with Gasteiger partial charge >= 0.3 is 0 Å². The van der Waals surface area contributed by atoms with Gasteiger partial charge in [-0.25, -0.2) is 9.97 Å². The summed E-state index contributed by atoms with van der Waals surface area (Å²) in [5, 5.41) is 3.18. The summed E-state index contributed by atoms with van der Waals surface area (Å²) in [6.45, 7) is 8.15. The number of anilines is 2. The maximum absolute atomic E-state index is 12.7. The van der Waals surface area contributed by atoms with E-state index in [0.717, 1.165) is 25.2 Å². The van der Waals surface area contributed by atoms with Crippen molar-refractivity contribution in [3.8, 4) is 0 Å². The Morgan fingerprint density at radius 2 is 2.00 bits per heavy atom. The first-order valence-corrected chi connectivity index (χ1v) is 9.02. The van der Waals surface area contributed by atoms with Crippen molar-refractivity contribution in [1.82, 2.24) is 14.9 Å². The van der Waals surface area contributed by atoms with Gasteiger partial charge in [0.25, 0.3) is 5.91 Å². The lowest BCUT2D eigenvalue weighted by Gasteiger charge is -2.30. The van der Waals surface area contributed by atoms with Crippen LogP contribution in [0.2, 0.25) is 0 Å². The summed E-state index contributed by atoms with van der Waals surface area (Å²) in [4.78, 5) is 23.2. The van der Waals surface area contributed by atoms with E-state index in [-0.39, 0.29) is 5.91 Å². The molecule has 1 N–H and O–H groups in total. The molecule has 3 rings (SSSR count). The largest absolute Gasteiger partial charge is 0.337 e. The second-order valence-corrected chi connectivity index (χ2v) is 7.17. The molecule has 5 heteroatoms. The highest BCUT2D eigenvalue weighted by Gasteiger charge is 2.23. The number of carbonyl (C=O) groups excluding carboxylic acids is 1. The lowest BCUT2D eigenvalue weighted by atomic mass is 10.00. The number of amides is 1. The number of piperidine rings is 1. The molecule has 5 nitrogen and oxygen atoms in total. The molecule has 0 saturated carbocycles. The number of likely N-dealkylation sites (tertiary alicyclic amines) is 1. The van der Waals surface area contributed by atoms with Crippen LogP contribution in [0.25, 0.3) is 0 Å². The van der Waals surface area contributed by atoms with Gasteiger partial charge in [0.1, 0.15) is 5.69 Å². The van der Waals surface area contributed by atoms with Crippen LogP contribution in [0.5, 0.6) is 0 Å². The van der Waals surface area contributed by atoms with Crippen molar-refractivity contribution < 1.29 is 4.79 Å². The number of nitrogens with one attached hydrogen (secondary N) is 1. The highest BCUT2D eigenvalue weighted by atomic mass is 16.2. The smallest absolute Gasteiger partial charge is 0.272 e. The summed E-state index contributed by atoms with van der Waals surface area (Å²) < 4.78 is 0. The van der Waals surface area contributed by atoms with E-state index in [2.05, 4.69) is 48.2 Å². The topological polar surface area (TPSA) is 58.1 Å². The van der Waals surface area contributed by atoms with Crippen molar-refractivity contribution in [1.29, 1.82) is 0 Å². The van der Waals surface area contributed by atoms with Crippen LogP contribution in [0.4, 0.5) is 11.6 Å². The first-order valence-electron chi connectivity index (χ1n) is 9.02. The first-order chi connectivity index (χ1) is 12.0. The van der Waals surface area contributed by atoms with Crippen molar-refractivity contribution in [2.24, 2.45) is 5.92 Å². The quantitative estimate of drug-likeness (QED) is 0.907. The molecule has 1 amide bonds. The molecule has 1 fully saturated rings. The zero-order valence-corrected chi connectivity index (χ0v) is 15.2. The van der Waals surface area contributed by atoms with E-state index in [1.54, 1.807) is 12.3 Å². The molecule has 0 radical (unpaired) electrons. The average Bonchev–Trinajstić information content (AvgIpc) is 2.62. The summed E-state index contributed by atoms with van der Waals surface area (Å²) in [5.41, 5.74) is 2.65. The van der Waals surface area contributed by atoms with Crippen molar-refractivity contribution in [3.63, 3.8) is 0 Å². The summed E-state index contributed by atoms with van der Waals surface area (Å²) in [6.07, 6.45) is 3.89. The average molecular weight is 338 g/mol. The highest BCUT2D eigenvalue weighted by Crippen LogP contribution is 2.20. The Labute approximate surface area is 149 Å². The third-order valence-electron chi connectivity index (χ3n) is 4.65. The van der Waals surface area contributed by atoms with Crippen LogP contribution in [0.15, 0.2) is 36.5 Å². The van der Waals surface area contributed by atoms with Crippen LogP contribution in [-0.4, -0.2) is 33.9 Å². The van der Waals surface area contributed by atoms with Gasteiger partial charge in [-0.2, -0.15) is 0 Å². The van der Waals surface area contributed by atoms with E-state index >= 15 is 0 Å². The normalized spacial score (nSPS) is 17.6. The second kappa shape index (κ2) is 7.64. The Morgan fingerprint density at radius 1 is 1.24 bits per heavy atom. The lowest BCUT2D eigenvalue weighted by molar-refractivity contribution is 0.0677. The van der Waals surface area contributed by atoms with Gasteiger partial charge in [-0.05, 0) is 48.4 Å². The Hall–Kier alpha value is -2.43. The molecule has 132 valence electrons. The number of carbonyl (C=O) groups is 1. The van der Waals surface area contributed by atoms with Crippen LogP contribution in [0.3, 0.4) is 0 Å². The molecular formula is C20H26N4O. The fourth-order valence-electron chi connectivity index (χ4n) is 3.15. The molecule has 1 saturated heterocycles. The molecular weight excluding hydrogens is 312 g/mol. The zero-order valence-electron chi connectivity index (χ0n) is 15.2. The number of aromatic nitrogens is 2. The van der Waals surface area contributed by atoms with Crippen LogP contribution >= 0.6 is 0 Å². The van der Waals surface area contributed by atoms with E-state index in [9.17, 15) is 4.79 Å². The minimum atomic E-state index is -0.00726. The van der Waals surface area contributed by atoms with Crippen molar-refractivity contribution in [2.75, 3.05) is 18.4 Å². The number of hydrogen-bond acceptors (Lipinski definition) is 4. The molecule has 1 aliphatic heterocycles. The molecule has 1 aliphatic rings. The van der Waals surface area contributed by atoms with Gasteiger partial charge in [0.2, 0.25) is 5.95 Å². The number of nitrogens with zero attached hydrogens (tertiary/aromatic N) is 3. The molecule has 2 aromatic rings. The maximum atomic E-state index is 12.7. The molecule has 0 bridgehead atoms. The Balaban J connectivity index is 1.71. The second-order valence-electron chi connectivity index (χ2n) is 7.17. The number of benzene rings is 1. The molecule has 0 spiro atoms. The molecule has 2 heterocycles. The molecule has 1 atom stereocenters. The standard InChI is InChI=1S/C20H26N4O/c1-14(2)16-6-8-17(9-7-16)22-20-21-11-10-18(23-20)19(25)24-12-4-5-15(3)13-24/h6-11,14-15H,4-5,12-13H2,1-3H3,(H,21,22,23). The third-order valence-corrected chi connectivity index (χ3v) is 4.65. The third kappa shape index (κ3) is 4.35. The van der Waals surface area contributed by atoms with E-state index in [4.69, 9.17) is 0 Å². The minimum Gasteiger partial charge on any atom is -0.337 e. The molecule has 1 aromatic carbocycles. The Bertz CT molecular complexity index is 727. The van der Waals surface area contributed by atoms with E-state index < -0.39 is 0 Å². The van der Waals surface area contributed by atoms with Gasteiger partial charge in [-0.3, -0.25) is 4.79 Å². The van der Waals surface area contributed by atoms with Gasteiger partial charge < -0.3 is 10.2 Å². The van der Waals surface area contributed by atoms with Crippen molar-refractivity contribution >= 4 is 17.5 Å². The van der Waals surface area contributed by atoms with Gasteiger partial charge in [-0.15, -0.1) is 0 Å². The fourth-order valence-corrected chi connectivity index (χ4v) is 3.15. The van der Waals surface area contributed by atoms with Gasteiger partial charge in [0.15, 0.2) is 0 Å². The van der Waals surface area contributed by atoms with Crippen molar-refractivity contribution in [2.45, 2.75) is 39.5 Å². The van der Waals surface area contributed by atoms with Gasteiger partial charge in [0, 0.05) is 25.0 Å². The van der Waals surface area contributed by atoms with Gasteiger partial charge in [0.05, 0.1) is 0 Å².